The van der Waals surface area contributed by atoms with E-state index in [0.29, 0.717) is 6.10 Å². The van der Waals surface area contributed by atoms with Crippen molar-refractivity contribution >= 4 is 0 Å². The molecule has 0 aromatic carbocycles. The van der Waals surface area contributed by atoms with Crippen LogP contribution in [0.5, 0.6) is 0 Å². The lowest BCUT2D eigenvalue weighted by atomic mass is 10.1. The van der Waals surface area contributed by atoms with E-state index in [2.05, 4.69) is 12.8 Å². The Hall–Kier alpha value is -0.480. The summed E-state index contributed by atoms with van der Waals surface area (Å²) < 4.78 is 5.40. The molecule has 1 aliphatic heterocycles. The van der Waals surface area contributed by atoms with E-state index in [4.69, 9.17) is 11.2 Å². The Bertz CT molecular complexity index is 123. The van der Waals surface area contributed by atoms with E-state index in [9.17, 15) is 0 Å². The topological polar surface area (TPSA) is 9.23 Å². The maximum absolute atomic E-state index is 5.40. The zero-order valence-corrected chi connectivity index (χ0v) is 5.76. The molecule has 1 aliphatic rings. The Labute approximate surface area is 56.4 Å². The summed E-state index contributed by atoms with van der Waals surface area (Å²) in [7, 11) is 0. The smallest absolute Gasteiger partial charge is 0.118 e. The Morgan fingerprint density at radius 3 is 2.78 bits per heavy atom. The summed E-state index contributed by atoms with van der Waals surface area (Å²) in [4.78, 5) is 0. The largest absolute Gasteiger partial charge is 0.363 e. The monoisotopic (exact) mass is 124 g/mol. The normalized spacial score (nSPS) is 35.6. The summed E-state index contributed by atoms with van der Waals surface area (Å²) in [5, 5.41) is 0. The van der Waals surface area contributed by atoms with Gasteiger partial charge < -0.3 is 4.74 Å². The van der Waals surface area contributed by atoms with Crippen molar-refractivity contribution in [2.75, 3.05) is 0 Å². The molecule has 1 fully saturated rings. The molecule has 0 aliphatic carbocycles. The molecule has 0 unspecified atom stereocenters. The lowest BCUT2D eigenvalue weighted by molar-refractivity contribution is -0.00900. The van der Waals surface area contributed by atoms with Crippen LogP contribution in [-0.4, -0.2) is 12.2 Å². The standard InChI is InChI=1S/C8H12O/c1-3-8-6-4-5-7(2)9-8/h1,7-8H,4-6H2,2H3/t7-,8+/m0/s1. The van der Waals surface area contributed by atoms with Crippen molar-refractivity contribution in [2.45, 2.75) is 38.4 Å². The van der Waals surface area contributed by atoms with Crippen molar-refractivity contribution in [1.29, 1.82) is 0 Å². The average Bonchev–Trinajstić information content (AvgIpc) is 1.88. The van der Waals surface area contributed by atoms with Gasteiger partial charge in [0.2, 0.25) is 0 Å². The van der Waals surface area contributed by atoms with Crippen molar-refractivity contribution in [2.24, 2.45) is 0 Å². The summed E-state index contributed by atoms with van der Waals surface area (Å²) >= 11 is 0. The van der Waals surface area contributed by atoms with Gasteiger partial charge in [0.15, 0.2) is 0 Å². The van der Waals surface area contributed by atoms with Gasteiger partial charge in [0, 0.05) is 0 Å². The predicted octanol–water partition coefficient (Wildman–Crippen LogP) is 1.58. The molecule has 9 heavy (non-hydrogen) atoms. The predicted molar refractivity (Wildman–Crippen MR) is 37.0 cm³/mol. The summed E-state index contributed by atoms with van der Waals surface area (Å²) in [6.45, 7) is 2.07. The molecule has 1 heteroatoms. The molecule has 1 rings (SSSR count). The fourth-order valence-corrected chi connectivity index (χ4v) is 1.13. The first-order chi connectivity index (χ1) is 4.33. The van der Waals surface area contributed by atoms with Gasteiger partial charge in [-0.3, -0.25) is 0 Å². The molecule has 0 amide bonds. The maximum atomic E-state index is 5.40. The van der Waals surface area contributed by atoms with E-state index in [1.807, 2.05) is 0 Å². The van der Waals surface area contributed by atoms with E-state index in [0.717, 1.165) is 12.8 Å². The third-order valence-corrected chi connectivity index (χ3v) is 1.66. The summed E-state index contributed by atoms with van der Waals surface area (Å²) in [6.07, 6.45) is 9.08. The highest BCUT2D eigenvalue weighted by Gasteiger charge is 2.15. The van der Waals surface area contributed by atoms with E-state index in [1.165, 1.54) is 6.42 Å². The molecule has 1 saturated heterocycles. The van der Waals surface area contributed by atoms with Gasteiger partial charge in [0.25, 0.3) is 0 Å². The summed E-state index contributed by atoms with van der Waals surface area (Å²) in [6, 6.07) is 0. The van der Waals surface area contributed by atoms with Gasteiger partial charge in [0.05, 0.1) is 6.10 Å². The molecule has 0 spiro atoms. The molecular weight excluding hydrogens is 112 g/mol. The molecule has 0 aromatic rings. The van der Waals surface area contributed by atoms with E-state index >= 15 is 0 Å². The third kappa shape index (κ3) is 1.73. The van der Waals surface area contributed by atoms with Gasteiger partial charge in [-0.1, -0.05) is 5.92 Å². The fourth-order valence-electron chi connectivity index (χ4n) is 1.13. The van der Waals surface area contributed by atoms with Gasteiger partial charge in [-0.25, -0.2) is 0 Å². The fraction of sp³-hybridized carbons (Fsp3) is 0.750. The van der Waals surface area contributed by atoms with Crippen LogP contribution >= 0.6 is 0 Å². The van der Waals surface area contributed by atoms with Crippen LogP contribution in [0.4, 0.5) is 0 Å². The van der Waals surface area contributed by atoms with Crippen LogP contribution in [0.1, 0.15) is 26.2 Å². The van der Waals surface area contributed by atoms with Crippen LogP contribution < -0.4 is 0 Å². The number of terminal acetylenes is 1. The van der Waals surface area contributed by atoms with Crippen LogP contribution in [0.3, 0.4) is 0 Å². The first-order valence-corrected chi connectivity index (χ1v) is 3.44. The molecule has 0 bridgehead atoms. The van der Waals surface area contributed by atoms with Crippen LogP contribution in [0.2, 0.25) is 0 Å². The molecule has 1 nitrogen and oxygen atoms in total. The second kappa shape index (κ2) is 2.89. The second-order valence-electron chi connectivity index (χ2n) is 2.53. The molecule has 1 heterocycles. The molecule has 2 atom stereocenters. The zero-order valence-electron chi connectivity index (χ0n) is 5.76. The highest BCUT2D eigenvalue weighted by Crippen LogP contribution is 2.17. The summed E-state index contributed by atoms with van der Waals surface area (Å²) in [5.74, 6) is 2.61. The van der Waals surface area contributed by atoms with Crippen molar-refractivity contribution in [3.05, 3.63) is 0 Å². The quantitative estimate of drug-likeness (QED) is 0.445. The summed E-state index contributed by atoms with van der Waals surface area (Å²) in [5.41, 5.74) is 0. The van der Waals surface area contributed by atoms with Crippen molar-refractivity contribution in [3.63, 3.8) is 0 Å². The molecule has 0 saturated carbocycles. The Kier molecular flexibility index (Phi) is 2.13. The number of hydrogen-bond acceptors (Lipinski definition) is 1. The highest BCUT2D eigenvalue weighted by atomic mass is 16.5. The van der Waals surface area contributed by atoms with E-state index in [-0.39, 0.29) is 6.10 Å². The van der Waals surface area contributed by atoms with Crippen molar-refractivity contribution < 1.29 is 4.74 Å². The number of hydrogen-bond donors (Lipinski definition) is 0. The van der Waals surface area contributed by atoms with Crippen LogP contribution in [0.25, 0.3) is 0 Å². The van der Waals surface area contributed by atoms with Gasteiger partial charge in [-0.05, 0) is 26.2 Å². The van der Waals surface area contributed by atoms with Gasteiger partial charge in [-0.2, -0.15) is 0 Å². The van der Waals surface area contributed by atoms with E-state index < -0.39 is 0 Å². The first kappa shape index (κ1) is 6.64. The highest BCUT2D eigenvalue weighted by molar-refractivity contribution is 4.96. The first-order valence-electron chi connectivity index (χ1n) is 3.44. The second-order valence-corrected chi connectivity index (χ2v) is 2.53. The molecule has 0 N–H and O–H groups in total. The molecule has 0 aromatic heterocycles. The van der Waals surface area contributed by atoms with Gasteiger partial charge in [0.1, 0.15) is 6.10 Å². The SMILES string of the molecule is C#C[C@@H]1CCC[C@H](C)O1. The molecular formula is C8H12O. The molecule has 0 radical (unpaired) electrons. The zero-order chi connectivity index (χ0) is 6.69. The average molecular weight is 124 g/mol. The third-order valence-electron chi connectivity index (χ3n) is 1.66. The van der Waals surface area contributed by atoms with Crippen LogP contribution in [0, 0.1) is 12.3 Å². The van der Waals surface area contributed by atoms with Gasteiger partial charge in [-0.15, -0.1) is 6.42 Å². The van der Waals surface area contributed by atoms with Crippen molar-refractivity contribution in [3.8, 4) is 12.3 Å². The number of ether oxygens (including phenoxy) is 1. The number of rotatable bonds is 0. The van der Waals surface area contributed by atoms with E-state index in [1.54, 1.807) is 0 Å². The Balaban J connectivity index is 2.34. The minimum Gasteiger partial charge on any atom is -0.363 e. The van der Waals surface area contributed by atoms with Crippen molar-refractivity contribution in [1.82, 2.24) is 0 Å². The van der Waals surface area contributed by atoms with Crippen LogP contribution in [0.15, 0.2) is 0 Å². The Morgan fingerprint density at radius 1 is 1.56 bits per heavy atom. The lowest BCUT2D eigenvalue weighted by Gasteiger charge is -2.23. The maximum Gasteiger partial charge on any atom is 0.118 e. The minimum atomic E-state index is 0.0914. The van der Waals surface area contributed by atoms with Crippen LogP contribution in [-0.2, 0) is 4.74 Å². The van der Waals surface area contributed by atoms with Gasteiger partial charge >= 0.3 is 0 Å². The lowest BCUT2D eigenvalue weighted by Crippen LogP contribution is -2.23. The molecule has 50 valence electrons. The minimum absolute atomic E-state index is 0.0914. The Morgan fingerprint density at radius 2 is 2.33 bits per heavy atom.